The first-order chi connectivity index (χ1) is 9.22. The predicted octanol–water partition coefficient (Wildman–Crippen LogP) is 3.27. The molecule has 0 aliphatic heterocycles. The fourth-order valence-electron chi connectivity index (χ4n) is 1.70. The van der Waals surface area contributed by atoms with Crippen LogP contribution in [0.15, 0.2) is 35.7 Å². The molecule has 0 saturated heterocycles. The molecule has 0 spiro atoms. The van der Waals surface area contributed by atoms with Crippen molar-refractivity contribution in [1.29, 1.82) is 0 Å². The lowest BCUT2D eigenvalue weighted by Crippen LogP contribution is -2.23. The molecule has 6 heteroatoms. The van der Waals surface area contributed by atoms with Gasteiger partial charge in [0.2, 0.25) is 0 Å². The first-order valence-corrected chi connectivity index (χ1v) is 7.55. The van der Waals surface area contributed by atoms with Crippen LogP contribution in [0.3, 0.4) is 0 Å². The average Bonchev–Trinajstić information content (AvgIpc) is 2.45. The van der Waals surface area contributed by atoms with Crippen LogP contribution in [0, 0.1) is 0 Å². The Morgan fingerprint density at radius 3 is 2.63 bits per heavy atom. The summed E-state index contributed by atoms with van der Waals surface area (Å²) in [7, 11) is 0. The lowest BCUT2D eigenvalue weighted by molar-refractivity contribution is 0.792. The molecule has 0 aliphatic rings. The second kappa shape index (κ2) is 6.73. The fourth-order valence-corrected chi connectivity index (χ4v) is 2.30. The molecule has 2 aromatic rings. The van der Waals surface area contributed by atoms with Crippen LogP contribution in [0.25, 0.3) is 0 Å². The first-order valence-electron chi connectivity index (χ1n) is 5.95. The summed E-state index contributed by atoms with van der Waals surface area (Å²) in [5.74, 6) is 0.851. The first kappa shape index (κ1) is 14.1. The van der Waals surface area contributed by atoms with Crippen LogP contribution < -0.4 is 4.90 Å². The molecule has 0 unspecified atom stereocenters. The van der Waals surface area contributed by atoms with Gasteiger partial charge >= 0.3 is 0 Å². The van der Waals surface area contributed by atoms with E-state index in [9.17, 15) is 0 Å². The highest BCUT2D eigenvalue weighted by Crippen LogP contribution is 2.21. The Kier molecular flexibility index (Phi) is 4.99. The van der Waals surface area contributed by atoms with E-state index in [1.165, 1.54) is 17.3 Å². The fraction of sp³-hybridized carbons (Fsp3) is 0.308. The monoisotopic (exact) mass is 294 g/mol. The van der Waals surface area contributed by atoms with E-state index < -0.39 is 0 Å². The van der Waals surface area contributed by atoms with E-state index in [4.69, 9.17) is 11.6 Å². The molecule has 2 heterocycles. The molecule has 0 aromatic carbocycles. The summed E-state index contributed by atoms with van der Waals surface area (Å²) in [6.45, 7) is 3.72. The van der Waals surface area contributed by atoms with Crippen molar-refractivity contribution in [3.8, 4) is 0 Å². The smallest absolute Gasteiger partial charge is 0.190 e. The van der Waals surface area contributed by atoms with Crippen molar-refractivity contribution in [3.05, 3.63) is 41.3 Å². The Morgan fingerprint density at radius 2 is 2.00 bits per heavy atom. The van der Waals surface area contributed by atoms with Crippen LogP contribution in [0.1, 0.15) is 12.5 Å². The van der Waals surface area contributed by atoms with Crippen LogP contribution in [0.2, 0.25) is 5.15 Å². The molecule has 19 heavy (non-hydrogen) atoms. The third-order valence-electron chi connectivity index (χ3n) is 2.67. The molecular formula is C13H15ClN4S. The van der Waals surface area contributed by atoms with Crippen molar-refractivity contribution in [2.45, 2.75) is 18.6 Å². The van der Waals surface area contributed by atoms with Gasteiger partial charge in [0.15, 0.2) is 5.16 Å². The minimum Gasteiger partial charge on any atom is -0.352 e. The average molecular weight is 295 g/mol. The molecule has 0 fully saturated rings. The van der Waals surface area contributed by atoms with E-state index in [-0.39, 0.29) is 0 Å². The van der Waals surface area contributed by atoms with Crippen molar-refractivity contribution < 1.29 is 0 Å². The number of nitrogens with zero attached hydrogens (tertiary/aromatic N) is 4. The Hall–Kier alpha value is -1.33. The van der Waals surface area contributed by atoms with Crippen molar-refractivity contribution in [2.24, 2.45) is 0 Å². The maximum absolute atomic E-state index is 6.03. The molecule has 2 aromatic heterocycles. The maximum atomic E-state index is 6.03. The van der Waals surface area contributed by atoms with Gasteiger partial charge in [-0.1, -0.05) is 23.4 Å². The largest absolute Gasteiger partial charge is 0.352 e. The number of halogens is 1. The van der Waals surface area contributed by atoms with Gasteiger partial charge in [0.05, 0.1) is 0 Å². The van der Waals surface area contributed by atoms with E-state index in [0.29, 0.717) is 10.3 Å². The summed E-state index contributed by atoms with van der Waals surface area (Å²) in [5.41, 5.74) is 1.19. The van der Waals surface area contributed by atoms with E-state index >= 15 is 0 Å². The SMILES string of the molecule is CCN(Cc1ccncc1)c1cc(Cl)nc(SC)n1. The van der Waals surface area contributed by atoms with Gasteiger partial charge in [0.25, 0.3) is 0 Å². The predicted molar refractivity (Wildman–Crippen MR) is 79.8 cm³/mol. The van der Waals surface area contributed by atoms with Crippen LogP contribution >= 0.6 is 23.4 Å². The number of aromatic nitrogens is 3. The summed E-state index contributed by atoms with van der Waals surface area (Å²) >= 11 is 7.52. The molecule has 0 amide bonds. The second-order valence-electron chi connectivity index (χ2n) is 3.91. The van der Waals surface area contributed by atoms with Crippen LogP contribution in [0.4, 0.5) is 5.82 Å². The highest BCUT2D eigenvalue weighted by Gasteiger charge is 2.10. The molecule has 0 aliphatic carbocycles. The number of rotatable bonds is 5. The van der Waals surface area contributed by atoms with Gasteiger partial charge in [0, 0.05) is 31.5 Å². The number of hydrogen-bond acceptors (Lipinski definition) is 5. The van der Waals surface area contributed by atoms with Crippen LogP contribution in [0.5, 0.6) is 0 Å². The van der Waals surface area contributed by atoms with Crippen LogP contribution in [-0.2, 0) is 6.54 Å². The summed E-state index contributed by atoms with van der Waals surface area (Å²) in [5, 5.41) is 1.17. The van der Waals surface area contributed by atoms with Gasteiger partial charge in [0.1, 0.15) is 11.0 Å². The minimum atomic E-state index is 0.475. The normalized spacial score (nSPS) is 10.5. The van der Waals surface area contributed by atoms with Crippen molar-refractivity contribution in [3.63, 3.8) is 0 Å². The zero-order chi connectivity index (χ0) is 13.7. The van der Waals surface area contributed by atoms with E-state index in [1.807, 2.05) is 18.4 Å². The van der Waals surface area contributed by atoms with Gasteiger partial charge in [-0.3, -0.25) is 4.98 Å². The standard InChI is InChI=1S/C13H15ClN4S/c1-3-18(9-10-4-6-15-7-5-10)12-8-11(14)16-13(17-12)19-2/h4-8H,3,9H2,1-2H3. The second-order valence-corrected chi connectivity index (χ2v) is 5.07. The van der Waals surface area contributed by atoms with Gasteiger partial charge in [-0.15, -0.1) is 0 Å². The Balaban J connectivity index is 2.24. The quantitative estimate of drug-likeness (QED) is 0.481. The molecule has 0 radical (unpaired) electrons. The molecule has 0 atom stereocenters. The van der Waals surface area contributed by atoms with Crippen molar-refractivity contribution in [1.82, 2.24) is 15.0 Å². The van der Waals surface area contributed by atoms with Gasteiger partial charge in [-0.05, 0) is 30.9 Å². The van der Waals surface area contributed by atoms with Crippen LogP contribution in [-0.4, -0.2) is 27.8 Å². The molecule has 100 valence electrons. The van der Waals surface area contributed by atoms with Crippen molar-refractivity contribution >= 4 is 29.2 Å². The number of hydrogen-bond donors (Lipinski definition) is 0. The molecule has 0 bridgehead atoms. The Morgan fingerprint density at radius 1 is 1.26 bits per heavy atom. The summed E-state index contributed by atoms with van der Waals surface area (Å²) < 4.78 is 0. The molecular weight excluding hydrogens is 280 g/mol. The number of pyridine rings is 1. The van der Waals surface area contributed by atoms with E-state index in [1.54, 1.807) is 18.5 Å². The van der Waals surface area contributed by atoms with Gasteiger partial charge in [-0.2, -0.15) is 0 Å². The highest BCUT2D eigenvalue weighted by atomic mass is 35.5. The molecule has 0 N–H and O–H groups in total. The third-order valence-corrected chi connectivity index (χ3v) is 3.41. The van der Waals surface area contributed by atoms with E-state index in [2.05, 4.69) is 26.8 Å². The maximum Gasteiger partial charge on any atom is 0.190 e. The minimum absolute atomic E-state index is 0.475. The van der Waals surface area contributed by atoms with Gasteiger partial charge < -0.3 is 4.90 Å². The van der Waals surface area contributed by atoms with Crippen molar-refractivity contribution in [2.75, 3.05) is 17.7 Å². The molecule has 2 rings (SSSR count). The molecule has 4 nitrogen and oxygen atoms in total. The number of anilines is 1. The van der Waals surface area contributed by atoms with E-state index in [0.717, 1.165) is 18.9 Å². The summed E-state index contributed by atoms with van der Waals surface area (Å²) in [6.07, 6.45) is 5.53. The van der Waals surface area contributed by atoms with Gasteiger partial charge in [-0.25, -0.2) is 9.97 Å². The topological polar surface area (TPSA) is 41.9 Å². The zero-order valence-corrected chi connectivity index (χ0v) is 12.4. The Bertz CT molecular complexity index is 535. The number of thioether (sulfide) groups is 1. The lowest BCUT2D eigenvalue weighted by atomic mass is 10.2. The zero-order valence-electron chi connectivity index (χ0n) is 10.9. The third kappa shape index (κ3) is 3.81. The summed E-state index contributed by atoms with van der Waals surface area (Å²) in [4.78, 5) is 14.8. The molecule has 0 saturated carbocycles. The Labute approximate surface area is 122 Å². The lowest BCUT2D eigenvalue weighted by Gasteiger charge is -2.22. The summed E-state index contributed by atoms with van der Waals surface area (Å²) in [6, 6.07) is 5.80. The highest BCUT2D eigenvalue weighted by molar-refractivity contribution is 7.98.